The Balaban J connectivity index is 1.40. The van der Waals surface area contributed by atoms with E-state index < -0.39 is 37.3 Å². The smallest absolute Gasteiger partial charge is 0.186 e. The van der Waals surface area contributed by atoms with Crippen LogP contribution in [0.3, 0.4) is 0 Å². The summed E-state index contributed by atoms with van der Waals surface area (Å²) < 4.78 is 29.2. The van der Waals surface area contributed by atoms with Gasteiger partial charge in [0.05, 0.1) is 19.8 Å². The molecular formula is C31H36O8. The lowest BCUT2D eigenvalue weighted by molar-refractivity contribution is -0.306. The molecule has 4 rings (SSSR count). The fourth-order valence-corrected chi connectivity index (χ4v) is 4.27. The SMILES string of the molecule is C=CCO[C@@H]1[C@@H](O)[C@H](OCCc2ccc(OCc3ccccc3)c(OCc3ccccc3)c2)O[C@H](CO)[C@H]1O. The summed E-state index contributed by atoms with van der Waals surface area (Å²) in [5, 5.41) is 30.6. The summed E-state index contributed by atoms with van der Waals surface area (Å²) >= 11 is 0. The van der Waals surface area contributed by atoms with Gasteiger partial charge in [-0.3, -0.25) is 0 Å². The van der Waals surface area contributed by atoms with Crippen LogP contribution in [-0.2, 0) is 33.8 Å². The van der Waals surface area contributed by atoms with Gasteiger partial charge < -0.3 is 39.0 Å². The van der Waals surface area contributed by atoms with Crippen molar-refractivity contribution in [3.63, 3.8) is 0 Å². The van der Waals surface area contributed by atoms with Crippen molar-refractivity contribution in [3.8, 4) is 11.5 Å². The summed E-state index contributed by atoms with van der Waals surface area (Å²) in [4.78, 5) is 0. The molecule has 3 N–H and O–H groups in total. The van der Waals surface area contributed by atoms with E-state index in [1.54, 1.807) is 0 Å². The first-order valence-corrected chi connectivity index (χ1v) is 13.0. The van der Waals surface area contributed by atoms with E-state index in [0.717, 1.165) is 16.7 Å². The van der Waals surface area contributed by atoms with Crippen LogP contribution in [0, 0.1) is 0 Å². The largest absolute Gasteiger partial charge is 0.485 e. The number of ether oxygens (including phenoxy) is 5. The van der Waals surface area contributed by atoms with Gasteiger partial charge in [-0.05, 0) is 35.2 Å². The Bertz CT molecular complexity index is 1140. The zero-order valence-electron chi connectivity index (χ0n) is 21.8. The molecule has 0 amide bonds. The Morgan fingerprint density at radius 2 is 1.41 bits per heavy atom. The molecule has 3 aromatic rings. The van der Waals surface area contributed by atoms with Crippen LogP contribution in [-0.4, -0.2) is 65.8 Å². The second kappa shape index (κ2) is 14.8. The number of benzene rings is 3. The van der Waals surface area contributed by atoms with Crippen LogP contribution in [0.15, 0.2) is 91.5 Å². The molecule has 0 radical (unpaired) electrons. The molecule has 3 aromatic carbocycles. The van der Waals surface area contributed by atoms with Crippen molar-refractivity contribution in [2.45, 2.75) is 50.3 Å². The molecule has 0 aromatic heterocycles. The average Bonchev–Trinajstić information content (AvgIpc) is 2.97. The maximum absolute atomic E-state index is 10.7. The van der Waals surface area contributed by atoms with Gasteiger partial charge >= 0.3 is 0 Å². The second-order valence-electron chi connectivity index (χ2n) is 9.24. The van der Waals surface area contributed by atoms with Crippen molar-refractivity contribution in [2.75, 3.05) is 19.8 Å². The molecule has 0 aliphatic carbocycles. The Hall–Kier alpha value is -3.24. The highest BCUT2D eigenvalue weighted by atomic mass is 16.7. The van der Waals surface area contributed by atoms with Crippen LogP contribution in [0.25, 0.3) is 0 Å². The Morgan fingerprint density at radius 1 is 0.769 bits per heavy atom. The Kier molecular flexibility index (Phi) is 10.9. The van der Waals surface area contributed by atoms with Gasteiger partial charge in [0, 0.05) is 0 Å². The van der Waals surface area contributed by atoms with E-state index in [0.29, 0.717) is 31.1 Å². The first-order chi connectivity index (χ1) is 19.1. The van der Waals surface area contributed by atoms with E-state index in [-0.39, 0.29) is 13.2 Å². The molecule has 0 unspecified atom stereocenters. The Morgan fingerprint density at radius 3 is 2.03 bits per heavy atom. The van der Waals surface area contributed by atoms with E-state index in [1.165, 1.54) is 6.08 Å². The lowest BCUT2D eigenvalue weighted by Gasteiger charge is -2.41. The molecule has 208 valence electrons. The van der Waals surface area contributed by atoms with Crippen molar-refractivity contribution in [1.82, 2.24) is 0 Å². The highest BCUT2D eigenvalue weighted by Gasteiger charge is 2.45. The van der Waals surface area contributed by atoms with Gasteiger partial charge in [0.1, 0.15) is 37.6 Å². The summed E-state index contributed by atoms with van der Waals surface area (Å²) in [6, 6.07) is 25.5. The molecule has 8 heteroatoms. The third-order valence-electron chi connectivity index (χ3n) is 6.38. The van der Waals surface area contributed by atoms with E-state index in [9.17, 15) is 15.3 Å². The van der Waals surface area contributed by atoms with Gasteiger partial charge in [0.25, 0.3) is 0 Å². The second-order valence-corrected chi connectivity index (χ2v) is 9.24. The van der Waals surface area contributed by atoms with E-state index in [2.05, 4.69) is 6.58 Å². The van der Waals surface area contributed by atoms with Crippen LogP contribution < -0.4 is 9.47 Å². The predicted molar refractivity (Wildman–Crippen MR) is 145 cm³/mol. The zero-order chi connectivity index (χ0) is 27.5. The number of aliphatic hydroxyl groups is 3. The standard InChI is InChI=1S/C31H36O8/c1-2-16-35-30-28(33)27(19-32)39-31(29(30)34)36-17-15-22-13-14-25(37-20-23-9-5-3-6-10-23)26(18-22)38-21-24-11-7-4-8-12-24/h2-14,18,27-34H,1,15-17,19-21H2/t27-,28-,29-,30+,31-/m1/s1. The molecule has 0 spiro atoms. The maximum Gasteiger partial charge on any atom is 0.186 e. The minimum atomic E-state index is -1.23. The van der Waals surface area contributed by atoms with Crippen molar-refractivity contribution in [2.24, 2.45) is 0 Å². The molecule has 1 heterocycles. The van der Waals surface area contributed by atoms with Gasteiger partial charge in [0.15, 0.2) is 17.8 Å². The fraction of sp³-hybridized carbons (Fsp3) is 0.355. The monoisotopic (exact) mass is 536 g/mol. The zero-order valence-corrected chi connectivity index (χ0v) is 21.8. The number of hydrogen-bond donors (Lipinski definition) is 3. The summed E-state index contributed by atoms with van der Waals surface area (Å²) in [5.74, 6) is 1.25. The molecule has 0 saturated carbocycles. The van der Waals surface area contributed by atoms with Crippen molar-refractivity contribution in [3.05, 3.63) is 108 Å². The third kappa shape index (κ3) is 8.12. The normalized spacial score (nSPS) is 22.8. The quantitative estimate of drug-likeness (QED) is 0.269. The third-order valence-corrected chi connectivity index (χ3v) is 6.38. The lowest BCUT2D eigenvalue weighted by Crippen LogP contribution is -2.60. The van der Waals surface area contributed by atoms with Gasteiger partial charge in [-0.25, -0.2) is 0 Å². The number of rotatable bonds is 14. The minimum Gasteiger partial charge on any atom is -0.485 e. The molecule has 8 nitrogen and oxygen atoms in total. The van der Waals surface area contributed by atoms with E-state index >= 15 is 0 Å². The van der Waals surface area contributed by atoms with Crippen LogP contribution in [0.5, 0.6) is 11.5 Å². The van der Waals surface area contributed by atoms with Gasteiger partial charge in [-0.2, -0.15) is 0 Å². The Labute approximate surface area is 229 Å². The van der Waals surface area contributed by atoms with Gasteiger partial charge in [-0.1, -0.05) is 72.8 Å². The van der Waals surface area contributed by atoms with Gasteiger partial charge in [0.2, 0.25) is 0 Å². The molecule has 1 saturated heterocycles. The topological polar surface area (TPSA) is 107 Å². The molecule has 1 fully saturated rings. The number of hydrogen-bond acceptors (Lipinski definition) is 8. The predicted octanol–water partition coefficient (Wildman–Crippen LogP) is 3.41. The minimum absolute atomic E-state index is 0.133. The molecule has 5 atom stereocenters. The lowest BCUT2D eigenvalue weighted by atomic mass is 9.99. The fourth-order valence-electron chi connectivity index (χ4n) is 4.27. The summed E-state index contributed by atoms with van der Waals surface area (Å²) in [5.41, 5.74) is 3.03. The molecular weight excluding hydrogens is 500 g/mol. The number of aliphatic hydroxyl groups excluding tert-OH is 3. The molecule has 1 aliphatic heterocycles. The van der Waals surface area contributed by atoms with Crippen molar-refractivity contribution >= 4 is 0 Å². The summed E-state index contributed by atoms with van der Waals surface area (Å²) in [6.07, 6.45) is -3.40. The highest BCUT2D eigenvalue weighted by molar-refractivity contribution is 5.43. The molecule has 0 bridgehead atoms. The summed E-state index contributed by atoms with van der Waals surface area (Å²) in [7, 11) is 0. The average molecular weight is 537 g/mol. The van der Waals surface area contributed by atoms with Crippen molar-refractivity contribution in [1.29, 1.82) is 0 Å². The molecule has 1 aliphatic rings. The van der Waals surface area contributed by atoms with Crippen LogP contribution in [0.4, 0.5) is 0 Å². The van der Waals surface area contributed by atoms with Crippen LogP contribution >= 0.6 is 0 Å². The van der Waals surface area contributed by atoms with Crippen molar-refractivity contribution < 1.29 is 39.0 Å². The molecule has 39 heavy (non-hydrogen) atoms. The van der Waals surface area contributed by atoms with Crippen LogP contribution in [0.2, 0.25) is 0 Å². The summed E-state index contributed by atoms with van der Waals surface area (Å²) in [6.45, 7) is 4.30. The van der Waals surface area contributed by atoms with Crippen LogP contribution in [0.1, 0.15) is 16.7 Å². The van der Waals surface area contributed by atoms with Gasteiger partial charge in [-0.15, -0.1) is 6.58 Å². The first-order valence-electron chi connectivity index (χ1n) is 13.0. The highest BCUT2D eigenvalue weighted by Crippen LogP contribution is 2.31. The first kappa shape index (κ1) is 28.8. The van der Waals surface area contributed by atoms with E-state index in [4.69, 9.17) is 23.7 Å². The van der Waals surface area contributed by atoms with E-state index in [1.807, 2.05) is 78.9 Å². The maximum atomic E-state index is 10.7.